The van der Waals surface area contributed by atoms with E-state index in [0.29, 0.717) is 5.69 Å². The van der Waals surface area contributed by atoms with Gasteiger partial charge in [-0.2, -0.15) is 0 Å². The van der Waals surface area contributed by atoms with E-state index in [4.69, 9.17) is 4.74 Å². The molecule has 0 radical (unpaired) electrons. The Hall–Kier alpha value is -2.96. The van der Waals surface area contributed by atoms with Gasteiger partial charge in [-0.05, 0) is 18.2 Å². The van der Waals surface area contributed by atoms with Crippen LogP contribution in [-0.2, 0) is 0 Å². The zero-order valence-corrected chi connectivity index (χ0v) is 15.6. The van der Waals surface area contributed by atoms with Crippen molar-refractivity contribution in [3.05, 3.63) is 121 Å². The highest BCUT2D eigenvalue weighted by Crippen LogP contribution is 2.49. The van der Waals surface area contributed by atoms with E-state index in [1.165, 1.54) is 12.1 Å². The molecule has 3 heteroatoms. The molecule has 0 atom stereocenters. The molecule has 0 saturated heterocycles. The molecular formula is C24H19FNP. The fourth-order valence-electron chi connectivity index (χ4n) is 3.26. The second-order valence-corrected chi connectivity index (χ2v) is 9.24. The molecule has 0 heterocycles. The second kappa shape index (κ2) is 7.73. The first-order valence-electron chi connectivity index (χ1n) is 8.84. The van der Waals surface area contributed by atoms with Crippen LogP contribution in [-0.4, -0.2) is 0 Å². The van der Waals surface area contributed by atoms with Crippen LogP contribution < -0.4 is 15.9 Å². The summed E-state index contributed by atoms with van der Waals surface area (Å²) in [5, 5.41) is 3.44. The highest BCUT2D eigenvalue weighted by Gasteiger charge is 2.27. The molecule has 4 aromatic rings. The number of benzene rings is 4. The van der Waals surface area contributed by atoms with Gasteiger partial charge in [0.05, 0.1) is 12.7 Å². The Morgan fingerprint density at radius 2 is 0.963 bits per heavy atom. The third-order valence-corrected chi connectivity index (χ3v) is 8.13. The van der Waals surface area contributed by atoms with Gasteiger partial charge in [-0.15, -0.1) is 0 Å². The standard InChI is InChI=1S/C24H19FNP/c25-20-11-10-12-21(19-20)26-27(22-13-4-1-5-14-22,23-15-6-2-7-16-23)24-17-8-3-9-18-24/h1-19H. The molecule has 1 nitrogen and oxygen atoms in total. The van der Waals surface area contributed by atoms with Crippen LogP contribution in [0.5, 0.6) is 0 Å². The summed E-state index contributed by atoms with van der Waals surface area (Å²) in [4.78, 5) is 0. The summed E-state index contributed by atoms with van der Waals surface area (Å²) in [5.41, 5.74) is 0.653. The molecule has 0 aliphatic heterocycles. The Morgan fingerprint density at radius 1 is 0.519 bits per heavy atom. The number of halogens is 1. The van der Waals surface area contributed by atoms with E-state index < -0.39 is 7.05 Å². The number of hydrogen-bond donors (Lipinski definition) is 0. The highest BCUT2D eigenvalue weighted by molar-refractivity contribution is 7.87. The number of nitrogens with zero attached hydrogens (tertiary/aromatic N) is 1. The molecule has 0 aliphatic carbocycles. The van der Waals surface area contributed by atoms with Gasteiger partial charge in [0.1, 0.15) is 5.82 Å². The molecule has 132 valence electrons. The van der Waals surface area contributed by atoms with Crippen LogP contribution in [0.2, 0.25) is 0 Å². The number of hydrogen-bond acceptors (Lipinski definition) is 1. The van der Waals surface area contributed by atoms with E-state index in [-0.39, 0.29) is 5.82 Å². The molecule has 0 N–H and O–H groups in total. The van der Waals surface area contributed by atoms with Gasteiger partial charge in [0, 0.05) is 15.9 Å². The zero-order valence-electron chi connectivity index (χ0n) is 14.7. The molecule has 0 aromatic heterocycles. The monoisotopic (exact) mass is 371 g/mol. The first kappa shape index (κ1) is 17.5. The summed E-state index contributed by atoms with van der Waals surface area (Å²) >= 11 is 0. The van der Waals surface area contributed by atoms with Crippen LogP contribution >= 0.6 is 7.05 Å². The van der Waals surface area contributed by atoms with Crippen molar-refractivity contribution in [1.29, 1.82) is 0 Å². The molecule has 0 amide bonds. The summed E-state index contributed by atoms with van der Waals surface area (Å²) in [6, 6.07) is 37.5. The lowest BCUT2D eigenvalue weighted by Gasteiger charge is -2.27. The van der Waals surface area contributed by atoms with Crippen LogP contribution in [0.3, 0.4) is 0 Å². The lowest BCUT2D eigenvalue weighted by atomic mass is 10.3. The molecule has 0 spiro atoms. The van der Waals surface area contributed by atoms with Crippen molar-refractivity contribution in [3.63, 3.8) is 0 Å². The van der Waals surface area contributed by atoms with Gasteiger partial charge in [0.25, 0.3) is 0 Å². The van der Waals surface area contributed by atoms with Gasteiger partial charge in [-0.1, -0.05) is 97.1 Å². The van der Waals surface area contributed by atoms with Crippen LogP contribution in [0.15, 0.2) is 120 Å². The Bertz CT molecular complexity index is 973. The lowest BCUT2D eigenvalue weighted by Crippen LogP contribution is -2.25. The second-order valence-electron chi connectivity index (χ2n) is 6.22. The molecule has 0 aliphatic rings. The van der Waals surface area contributed by atoms with Gasteiger partial charge in [0.2, 0.25) is 0 Å². The van der Waals surface area contributed by atoms with Gasteiger partial charge < -0.3 is 0 Å². The zero-order chi connectivity index (χ0) is 18.5. The third-order valence-electron chi connectivity index (χ3n) is 4.46. The average molecular weight is 371 g/mol. The van der Waals surface area contributed by atoms with Gasteiger partial charge in [-0.25, -0.2) is 4.39 Å². The summed E-state index contributed by atoms with van der Waals surface area (Å²) < 4.78 is 19.1. The van der Waals surface area contributed by atoms with Crippen molar-refractivity contribution >= 4 is 28.7 Å². The summed E-state index contributed by atoms with van der Waals surface area (Å²) in [6.07, 6.45) is 0. The van der Waals surface area contributed by atoms with E-state index >= 15 is 0 Å². The van der Waals surface area contributed by atoms with Gasteiger partial charge >= 0.3 is 0 Å². The van der Waals surface area contributed by atoms with Crippen molar-refractivity contribution in [2.45, 2.75) is 0 Å². The maximum absolute atomic E-state index is 13.9. The Labute approximate surface area is 159 Å². The topological polar surface area (TPSA) is 12.4 Å². The van der Waals surface area contributed by atoms with E-state index in [9.17, 15) is 4.39 Å². The summed E-state index contributed by atoms with van der Waals surface area (Å²) in [7, 11) is -2.34. The summed E-state index contributed by atoms with van der Waals surface area (Å²) in [5.74, 6) is -0.275. The number of rotatable bonds is 4. The molecule has 4 rings (SSSR count). The van der Waals surface area contributed by atoms with Crippen molar-refractivity contribution in [2.24, 2.45) is 4.74 Å². The van der Waals surface area contributed by atoms with Gasteiger partial charge in [0.15, 0.2) is 0 Å². The first-order valence-corrected chi connectivity index (χ1v) is 10.6. The highest BCUT2D eigenvalue weighted by atomic mass is 31.2. The van der Waals surface area contributed by atoms with Crippen LogP contribution in [0, 0.1) is 5.82 Å². The van der Waals surface area contributed by atoms with Crippen molar-refractivity contribution < 1.29 is 4.39 Å². The smallest absolute Gasteiger partial charge is 0.125 e. The van der Waals surface area contributed by atoms with E-state index in [1.54, 1.807) is 6.07 Å². The fourth-order valence-corrected chi connectivity index (χ4v) is 6.79. The Kier molecular flexibility index (Phi) is 5.00. The Morgan fingerprint density at radius 3 is 1.37 bits per heavy atom. The van der Waals surface area contributed by atoms with Crippen LogP contribution in [0.25, 0.3) is 0 Å². The SMILES string of the molecule is Fc1cccc(N=P(c2ccccc2)(c2ccccc2)c2ccccc2)c1. The Balaban J connectivity index is 2.13. The van der Waals surface area contributed by atoms with E-state index in [2.05, 4.69) is 36.4 Å². The molecule has 0 bridgehead atoms. The maximum atomic E-state index is 13.9. The van der Waals surface area contributed by atoms with Crippen molar-refractivity contribution in [1.82, 2.24) is 0 Å². The quantitative estimate of drug-likeness (QED) is 0.412. The van der Waals surface area contributed by atoms with Crippen molar-refractivity contribution in [3.8, 4) is 0 Å². The van der Waals surface area contributed by atoms with E-state index in [1.807, 2.05) is 60.7 Å². The lowest BCUT2D eigenvalue weighted by molar-refractivity contribution is 0.628. The minimum Gasteiger partial charge on any atom is -0.254 e. The molecule has 0 fully saturated rings. The summed E-state index contributed by atoms with van der Waals surface area (Å²) in [6.45, 7) is 0. The molecular weight excluding hydrogens is 352 g/mol. The first-order chi connectivity index (χ1) is 13.3. The van der Waals surface area contributed by atoms with E-state index in [0.717, 1.165) is 15.9 Å². The van der Waals surface area contributed by atoms with Crippen molar-refractivity contribution in [2.75, 3.05) is 0 Å². The maximum Gasteiger partial charge on any atom is 0.125 e. The molecule has 27 heavy (non-hydrogen) atoms. The third kappa shape index (κ3) is 3.49. The molecule has 0 unspecified atom stereocenters. The largest absolute Gasteiger partial charge is 0.254 e. The van der Waals surface area contributed by atoms with Crippen LogP contribution in [0.4, 0.5) is 10.1 Å². The fraction of sp³-hybridized carbons (Fsp3) is 0. The minimum absolute atomic E-state index is 0.275. The molecule has 4 aromatic carbocycles. The predicted octanol–water partition coefficient (Wildman–Crippen LogP) is 5.63. The van der Waals surface area contributed by atoms with Gasteiger partial charge in [-0.3, -0.25) is 4.74 Å². The van der Waals surface area contributed by atoms with Crippen LogP contribution in [0.1, 0.15) is 0 Å². The molecule has 0 saturated carbocycles. The minimum atomic E-state index is -2.34. The normalized spacial score (nSPS) is 11.1. The predicted molar refractivity (Wildman–Crippen MR) is 114 cm³/mol. The average Bonchev–Trinajstić information content (AvgIpc) is 2.74.